The Morgan fingerprint density at radius 3 is 2.24 bits per heavy atom. The summed E-state index contributed by atoms with van der Waals surface area (Å²) < 4.78 is 10.1. The van der Waals surface area contributed by atoms with Gasteiger partial charge in [0.05, 0.1) is 7.11 Å². The molecule has 1 saturated heterocycles. The molecule has 29 heavy (non-hydrogen) atoms. The Morgan fingerprint density at radius 2 is 1.72 bits per heavy atom. The van der Waals surface area contributed by atoms with Crippen molar-refractivity contribution in [3.8, 4) is 5.75 Å². The predicted octanol–water partition coefficient (Wildman–Crippen LogP) is 3.36. The third-order valence-corrected chi connectivity index (χ3v) is 4.57. The topological polar surface area (TPSA) is 68.3 Å². The first-order valence-corrected chi connectivity index (χ1v) is 9.90. The summed E-state index contributed by atoms with van der Waals surface area (Å²) >= 11 is 0. The molecule has 1 aliphatic rings. The molecule has 1 heterocycles. The molecular formula is C22H32N2O5. The zero-order valence-corrected chi connectivity index (χ0v) is 18.2. The van der Waals surface area contributed by atoms with Crippen molar-refractivity contribution in [3.05, 3.63) is 41.6 Å². The van der Waals surface area contributed by atoms with Gasteiger partial charge in [0.1, 0.15) is 17.5 Å². The number of ether oxygens (including phenoxy) is 2. The Bertz CT molecular complexity index is 727. The molecule has 0 spiro atoms. The lowest BCUT2D eigenvalue weighted by Crippen LogP contribution is -2.58. The monoisotopic (exact) mass is 404 g/mol. The van der Waals surface area contributed by atoms with Gasteiger partial charge >= 0.3 is 5.91 Å². The first-order valence-electron chi connectivity index (χ1n) is 9.90. The van der Waals surface area contributed by atoms with Gasteiger partial charge in [0.25, 0.3) is 5.91 Å². The molecule has 2 rings (SSSR count). The van der Waals surface area contributed by atoms with Gasteiger partial charge in [0.15, 0.2) is 6.79 Å². The van der Waals surface area contributed by atoms with Crippen LogP contribution < -0.4 is 4.74 Å². The molecule has 7 nitrogen and oxygen atoms in total. The van der Waals surface area contributed by atoms with Gasteiger partial charge in [-0.25, -0.2) is 4.84 Å². The third kappa shape index (κ3) is 5.81. The van der Waals surface area contributed by atoms with Crippen LogP contribution in [-0.2, 0) is 25.7 Å². The molecule has 0 aliphatic carbocycles. The Balaban J connectivity index is 2.44. The van der Waals surface area contributed by atoms with Gasteiger partial charge in [-0.3, -0.25) is 9.59 Å². The standard InChI is InChI=1S/C22H32N2O5/c1-15(2)11-19-21(25)24(29-14-27-5)22(26)20(12-16(3)4)23(19)13-17-7-9-18(28-6)10-8-17/h7-11,15-16,20H,12-14H2,1-6H3. The van der Waals surface area contributed by atoms with E-state index in [-0.39, 0.29) is 24.5 Å². The van der Waals surface area contributed by atoms with Crippen molar-refractivity contribution in [2.24, 2.45) is 11.8 Å². The smallest absolute Gasteiger partial charge is 0.300 e. The number of carbonyl (C=O) groups excluding carboxylic acids is 2. The lowest BCUT2D eigenvalue weighted by Gasteiger charge is -2.42. The van der Waals surface area contributed by atoms with E-state index in [4.69, 9.17) is 14.3 Å². The molecule has 1 atom stereocenters. The maximum atomic E-state index is 13.1. The van der Waals surface area contributed by atoms with Crippen molar-refractivity contribution >= 4 is 11.8 Å². The average molecular weight is 405 g/mol. The fourth-order valence-electron chi connectivity index (χ4n) is 3.27. The number of nitrogens with zero attached hydrogens (tertiary/aromatic N) is 2. The molecular weight excluding hydrogens is 372 g/mol. The highest BCUT2D eigenvalue weighted by Crippen LogP contribution is 2.29. The number of hydrogen-bond acceptors (Lipinski definition) is 6. The fraction of sp³-hybridized carbons (Fsp3) is 0.545. The molecule has 0 radical (unpaired) electrons. The minimum atomic E-state index is -0.503. The van der Waals surface area contributed by atoms with E-state index >= 15 is 0 Å². The van der Waals surface area contributed by atoms with Crippen molar-refractivity contribution in [2.45, 2.75) is 46.7 Å². The summed E-state index contributed by atoms with van der Waals surface area (Å²) in [4.78, 5) is 33.5. The summed E-state index contributed by atoms with van der Waals surface area (Å²) in [5, 5.41) is 0.856. The zero-order valence-electron chi connectivity index (χ0n) is 18.2. The lowest BCUT2D eigenvalue weighted by atomic mass is 9.97. The molecule has 1 fully saturated rings. The van der Waals surface area contributed by atoms with E-state index in [9.17, 15) is 9.59 Å². The maximum absolute atomic E-state index is 13.1. The van der Waals surface area contributed by atoms with E-state index in [1.807, 2.05) is 49.1 Å². The first kappa shape index (κ1) is 22.9. The van der Waals surface area contributed by atoms with E-state index in [1.165, 1.54) is 7.11 Å². The van der Waals surface area contributed by atoms with Crippen LogP contribution in [-0.4, -0.2) is 48.8 Å². The van der Waals surface area contributed by atoms with E-state index in [0.29, 0.717) is 18.7 Å². The second kappa shape index (κ2) is 10.4. The van der Waals surface area contributed by atoms with Crippen molar-refractivity contribution in [2.75, 3.05) is 21.0 Å². The highest BCUT2D eigenvalue weighted by atomic mass is 16.8. The number of allylic oxidation sites excluding steroid dienone is 1. The minimum Gasteiger partial charge on any atom is -0.497 e. The van der Waals surface area contributed by atoms with Crippen molar-refractivity contribution < 1.29 is 23.9 Å². The third-order valence-electron chi connectivity index (χ3n) is 4.57. The summed E-state index contributed by atoms with van der Waals surface area (Å²) in [7, 11) is 3.07. The number of methoxy groups -OCH3 is 2. The Labute approximate surface area is 173 Å². The van der Waals surface area contributed by atoms with Gasteiger partial charge in [-0.05, 0) is 36.0 Å². The van der Waals surface area contributed by atoms with Crippen LogP contribution in [0.5, 0.6) is 5.75 Å². The van der Waals surface area contributed by atoms with Crippen LogP contribution >= 0.6 is 0 Å². The van der Waals surface area contributed by atoms with Crippen LogP contribution in [0.4, 0.5) is 0 Å². The summed E-state index contributed by atoms with van der Waals surface area (Å²) in [6.45, 7) is 8.39. The van der Waals surface area contributed by atoms with E-state index in [0.717, 1.165) is 16.4 Å². The Kier molecular flexibility index (Phi) is 8.22. The van der Waals surface area contributed by atoms with Crippen LogP contribution in [0, 0.1) is 11.8 Å². The molecule has 0 aromatic heterocycles. The van der Waals surface area contributed by atoms with Crippen molar-refractivity contribution in [3.63, 3.8) is 0 Å². The number of amides is 2. The van der Waals surface area contributed by atoms with Crippen LogP contribution in [0.3, 0.4) is 0 Å². The predicted molar refractivity (Wildman–Crippen MR) is 110 cm³/mol. The van der Waals surface area contributed by atoms with Crippen LogP contribution in [0.15, 0.2) is 36.0 Å². The van der Waals surface area contributed by atoms with Gasteiger partial charge in [-0.2, -0.15) is 0 Å². The number of piperazine rings is 1. The second-order valence-corrected chi connectivity index (χ2v) is 7.89. The lowest BCUT2D eigenvalue weighted by molar-refractivity contribution is -0.226. The average Bonchev–Trinajstić information content (AvgIpc) is 2.68. The highest BCUT2D eigenvalue weighted by Gasteiger charge is 2.44. The Hall–Kier alpha value is -2.38. The molecule has 0 saturated carbocycles. The summed E-state index contributed by atoms with van der Waals surface area (Å²) in [5.74, 6) is 0.324. The molecule has 1 aliphatic heterocycles. The number of rotatable bonds is 9. The highest BCUT2D eigenvalue weighted by molar-refractivity contribution is 6.07. The van der Waals surface area contributed by atoms with Crippen LogP contribution in [0.25, 0.3) is 0 Å². The summed E-state index contributed by atoms with van der Waals surface area (Å²) in [6.07, 6.45) is 2.49. The molecule has 0 N–H and O–H groups in total. The van der Waals surface area contributed by atoms with Gasteiger partial charge in [-0.1, -0.05) is 45.9 Å². The maximum Gasteiger partial charge on any atom is 0.300 e. The quantitative estimate of drug-likeness (QED) is 0.357. The van der Waals surface area contributed by atoms with Crippen molar-refractivity contribution in [1.29, 1.82) is 0 Å². The van der Waals surface area contributed by atoms with Crippen molar-refractivity contribution in [1.82, 2.24) is 9.96 Å². The van der Waals surface area contributed by atoms with Crippen LogP contribution in [0.2, 0.25) is 0 Å². The van der Waals surface area contributed by atoms with E-state index in [2.05, 4.69) is 13.8 Å². The van der Waals surface area contributed by atoms with E-state index < -0.39 is 11.9 Å². The minimum absolute atomic E-state index is 0.129. The molecule has 7 heteroatoms. The van der Waals surface area contributed by atoms with Gasteiger partial charge in [0, 0.05) is 13.7 Å². The molecule has 0 bridgehead atoms. The Morgan fingerprint density at radius 1 is 1.07 bits per heavy atom. The normalized spacial score (nSPS) is 19.0. The number of imide groups is 1. The molecule has 2 amide bonds. The van der Waals surface area contributed by atoms with E-state index in [1.54, 1.807) is 7.11 Å². The number of carbonyl (C=O) groups is 2. The van der Waals surface area contributed by atoms with Gasteiger partial charge in [0.2, 0.25) is 0 Å². The molecule has 1 aromatic rings. The van der Waals surface area contributed by atoms with Crippen LogP contribution in [0.1, 0.15) is 39.7 Å². The second-order valence-electron chi connectivity index (χ2n) is 7.89. The van der Waals surface area contributed by atoms with Gasteiger partial charge in [-0.15, -0.1) is 5.06 Å². The molecule has 1 aromatic carbocycles. The zero-order chi connectivity index (χ0) is 21.6. The van der Waals surface area contributed by atoms with Gasteiger partial charge < -0.3 is 14.4 Å². The SMILES string of the molecule is COCON1C(=O)C(=CC(C)C)N(Cc2ccc(OC)cc2)C(CC(C)C)C1=O. The summed E-state index contributed by atoms with van der Waals surface area (Å²) in [5.41, 5.74) is 1.46. The molecule has 1 unspecified atom stereocenters. The number of hydroxylamine groups is 2. The fourth-order valence-corrected chi connectivity index (χ4v) is 3.27. The number of hydrogen-bond donors (Lipinski definition) is 0. The first-order chi connectivity index (χ1) is 13.8. The summed E-state index contributed by atoms with van der Waals surface area (Å²) in [6, 6.07) is 7.14. The number of benzene rings is 1. The molecule has 160 valence electrons. The largest absolute Gasteiger partial charge is 0.497 e.